The van der Waals surface area contributed by atoms with Gasteiger partial charge in [0.1, 0.15) is 0 Å². The predicted octanol–water partition coefficient (Wildman–Crippen LogP) is 0.619. The lowest BCUT2D eigenvalue weighted by molar-refractivity contribution is 0.392. The number of nitrogens with one attached hydrogen (secondary N) is 1. The van der Waals surface area contributed by atoms with Gasteiger partial charge in [0, 0.05) is 19.5 Å². The number of rotatable bonds is 6. The molecular formula is C9H21N3O2S. The van der Waals surface area contributed by atoms with Crippen molar-refractivity contribution in [3.8, 4) is 0 Å². The first-order chi connectivity index (χ1) is 6.66. The summed E-state index contributed by atoms with van der Waals surface area (Å²) >= 11 is 0. The van der Waals surface area contributed by atoms with E-state index < -0.39 is 10.0 Å². The Morgan fingerprint density at radius 1 is 1.40 bits per heavy atom. The Morgan fingerprint density at radius 3 is 2.20 bits per heavy atom. The third-order valence-electron chi connectivity index (χ3n) is 2.12. The van der Waals surface area contributed by atoms with E-state index in [9.17, 15) is 8.42 Å². The Bertz CT molecular complexity index is 311. The molecule has 0 aromatic rings. The Morgan fingerprint density at radius 2 is 1.87 bits per heavy atom. The van der Waals surface area contributed by atoms with Crippen molar-refractivity contribution >= 4 is 15.9 Å². The summed E-state index contributed by atoms with van der Waals surface area (Å²) in [5, 5.41) is 7.12. The van der Waals surface area contributed by atoms with Crippen LogP contribution >= 0.6 is 0 Å². The van der Waals surface area contributed by atoms with E-state index in [0.29, 0.717) is 0 Å². The number of nitrogens with zero attached hydrogens (tertiary/aromatic N) is 1. The van der Waals surface area contributed by atoms with E-state index in [1.807, 2.05) is 13.8 Å². The minimum Gasteiger partial charge on any atom is -0.388 e. The van der Waals surface area contributed by atoms with Gasteiger partial charge in [-0.3, -0.25) is 5.41 Å². The van der Waals surface area contributed by atoms with Crippen LogP contribution in [-0.4, -0.2) is 37.4 Å². The van der Waals surface area contributed by atoms with Crippen molar-refractivity contribution in [1.82, 2.24) is 4.31 Å². The monoisotopic (exact) mass is 235 g/mol. The second kappa shape index (κ2) is 5.46. The van der Waals surface area contributed by atoms with Crippen LogP contribution in [0.1, 0.15) is 27.2 Å². The summed E-state index contributed by atoms with van der Waals surface area (Å²) in [5.74, 6) is 0.238. The number of hydrogen-bond acceptors (Lipinski definition) is 3. The van der Waals surface area contributed by atoms with Gasteiger partial charge in [-0.25, -0.2) is 12.7 Å². The molecule has 0 amide bonds. The molecule has 0 aliphatic carbocycles. The van der Waals surface area contributed by atoms with Gasteiger partial charge in [0.05, 0.1) is 11.6 Å². The summed E-state index contributed by atoms with van der Waals surface area (Å²) in [6.45, 7) is 5.47. The van der Waals surface area contributed by atoms with Gasteiger partial charge >= 0.3 is 0 Å². The topological polar surface area (TPSA) is 87.2 Å². The lowest BCUT2D eigenvalue weighted by atomic mass is 10.2. The van der Waals surface area contributed by atoms with E-state index in [4.69, 9.17) is 11.1 Å². The summed E-state index contributed by atoms with van der Waals surface area (Å²) in [4.78, 5) is 0. The van der Waals surface area contributed by atoms with Crippen molar-refractivity contribution in [1.29, 1.82) is 5.41 Å². The first-order valence-electron chi connectivity index (χ1n) is 4.95. The van der Waals surface area contributed by atoms with E-state index in [1.54, 1.807) is 6.92 Å². The second-order valence-electron chi connectivity index (χ2n) is 4.27. The van der Waals surface area contributed by atoms with Crippen LogP contribution in [0.4, 0.5) is 0 Å². The fraction of sp³-hybridized carbons (Fsp3) is 0.889. The zero-order chi connectivity index (χ0) is 12.2. The average molecular weight is 235 g/mol. The van der Waals surface area contributed by atoms with Crippen LogP contribution in [0.5, 0.6) is 0 Å². The van der Waals surface area contributed by atoms with Crippen LogP contribution < -0.4 is 5.73 Å². The number of nitrogens with two attached hydrogens (primary N) is 1. The number of amidine groups is 1. The molecule has 0 rings (SSSR count). The van der Waals surface area contributed by atoms with Crippen molar-refractivity contribution in [3.05, 3.63) is 0 Å². The van der Waals surface area contributed by atoms with Crippen LogP contribution in [0.2, 0.25) is 0 Å². The predicted molar refractivity (Wildman–Crippen MR) is 62.4 cm³/mol. The summed E-state index contributed by atoms with van der Waals surface area (Å²) in [6, 6.07) is -0.258. The largest absolute Gasteiger partial charge is 0.388 e. The van der Waals surface area contributed by atoms with Crippen LogP contribution in [0.15, 0.2) is 0 Å². The molecule has 0 saturated heterocycles. The van der Waals surface area contributed by atoms with E-state index >= 15 is 0 Å². The van der Waals surface area contributed by atoms with Gasteiger partial charge in [-0.2, -0.15) is 0 Å². The van der Waals surface area contributed by atoms with Gasteiger partial charge in [-0.15, -0.1) is 0 Å². The molecule has 5 nitrogen and oxygen atoms in total. The molecular weight excluding hydrogens is 214 g/mol. The molecule has 0 fully saturated rings. The molecule has 0 spiro atoms. The molecule has 0 radical (unpaired) electrons. The van der Waals surface area contributed by atoms with Crippen LogP contribution in [0, 0.1) is 11.3 Å². The quantitative estimate of drug-likeness (QED) is 0.522. The summed E-state index contributed by atoms with van der Waals surface area (Å²) in [5.41, 5.74) is 5.24. The molecule has 1 atom stereocenters. The Balaban J connectivity index is 4.55. The fourth-order valence-corrected chi connectivity index (χ4v) is 2.96. The standard InChI is InChI=1S/C9H21N3O2S/c1-7(2)6-15(13,14)12(4)8(3)5-9(10)11/h7-8H,5-6H2,1-4H3,(H3,10,11). The van der Waals surface area contributed by atoms with Gasteiger partial charge < -0.3 is 5.73 Å². The van der Waals surface area contributed by atoms with Crippen molar-refractivity contribution in [3.63, 3.8) is 0 Å². The highest BCUT2D eigenvalue weighted by atomic mass is 32.2. The normalized spacial score (nSPS) is 14.5. The molecule has 0 aromatic carbocycles. The molecule has 15 heavy (non-hydrogen) atoms. The molecule has 90 valence electrons. The number of hydrogen-bond donors (Lipinski definition) is 2. The zero-order valence-electron chi connectivity index (χ0n) is 9.82. The van der Waals surface area contributed by atoms with Crippen molar-refractivity contribution in [2.45, 2.75) is 33.2 Å². The highest BCUT2D eigenvalue weighted by Gasteiger charge is 2.24. The van der Waals surface area contributed by atoms with Crippen LogP contribution in [-0.2, 0) is 10.0 Å². The first-order valence-corrected chi connectivity index (χ1v) is 6.56. The SMILES string of the molecule is CC(C)CS(=O)(=O)N(C)C(C)CC(=N)N. The molecule has 0 aromatic heterocycles. The summed E-state index contributed by atoms with van der Waals surface area (Å²) in [7, 11) is -1.69. The Hall–Kier alpha value is -0.620. The minimum atomic E-state index is -3.22. The average Bonchev–Trinajstić information content (AvgIpc) is 1.98. The number of sulfonamides is 1. The van der Waals surface area contributed by atoms with Gasteiger partial charge in [0.25, 0.3) is 0 Å². The maximum absolute atomic E-state index is 11.8. The lowest BCUT2D eigenvalue weighted by Crippen LogP contribution is -2.39. The third kappa shape index (κ3) is 5.13. The summed E-state index contributed by atoms with van der Waals surface area (Å²) < 4.78 is 24.9. The van der Waals surface area contributed by atoms with Crippen LogP contribution in [0.3, 0.4) is 0 Å². The summed E-state index contributed by atoms with van der Waals surface area (Å²) in [6.07, 6.45) is 0.272. The first kappa shape index (κ1) is 14.4. The zero-order valence-corrected chi connectivity index (χ0v) is 10.6. The third-order valence-corrected chi connectivity index (χ3v) is 4.44. The molecule has 0 heterocycles. The van der Waals surface area contributed by atoms with Gasteiger partial charge in [0.15, 0.2) is 0 Å². The minimum absolute atomic E-state index is 0.00842. The van der Waals surface area contributed by atoms with Crippen molar-refractivity contribution in [2.24, 2.45) is 11.7 Å². The molecule has 0 saturated carbocycles. The smallest absolute Gasteiger partial charge is 0.214 e. The second-order valence-corrected chi connectivity index (χ2v) is 6.34. The fourth-order valence-electron chi connectivity index (χ4n) is 1.26. The molecule has 0 aliphatic rings. The Labute approximate surface area is 92.2 Å². The van der Waals surface area contributed by atoms with E-state index in [0.717, 1.165) is 0 Å². The molecule has 0 aliphatic heterocycles. The van der Waals surface area contributed by atoms with Crippen LogP contribution in [0.25, 0.3) is 0 Å². The van der Waals surface area contributed by atoms with Gasteiger partial charge in [0.2, 0.25) is 10.0 Å². The molecule has 3 N–H and O–H groups in total. The van der Waals surface area contributed by atoms with Crippen molar-refractivity contribution < 1.29 is 8.42 Å². The molecule has 0 bridgehead atoms. The van der Waals surface area contributed by atoms with Gasteiger partial charge in [-0.1, -0.05) is 13.8 Å². The van der Waals surface area contributed by atoms with E-state index in [-0.39, 0.29) is 30.0 Å². The van der Waals surface area contributed by atoms with E-state index in [1.165, 1.54) is 11.4 Å². The molecule has 1 unspecified atom stereocenters. The van der Waals surface area contributed by atoms with Gasteiger partial charge in [-0.05, 0) is 12.8 Å². The highest BCUT2D eigenvalue weighted by molar-refractivity contribution is 7.89. The van der Waals surface area contributed by atoms with Crippen molar-refractivity contribution in [2.75, 3.05) is 12.8 Å². The lowest BCUT2D eigenvalue weighted by Gasteiger charge is -2.24. The Kier molecular flexibility index (Phi) is 5.23. The highest BCUT2D eigenvalue weighted by Crippen LogP contribution is 2.10. The maximum Gasteiger partial charge on any atom is 0.214 e. The van der Waals surface area contributed by atoms with E-state index in [2.05, 4.69) is 0 Å². The maximum atomic E-state index is 11.8. The molecule has 6 heteroatoms.